The van der Waals surface area contributed by atoms with Crippen LogP contribution >= 0.6 is 11.3 Å². The normalized spacial score (nSPS) is 22.2. The van der Waals surface area contributed by atoms with Crippen LogP contribution in [0.4, 0.5) is 17.1 Å². The van der Waals surface area contributed by atoms with Gasteiger partial charge in [0, 0.05) is 59.1 Å². The Balaban J connectivity index is 0.909. The van der Waals surface area contributed by atoms with Gasteiger partial charge in [0.1, 0.15) is 0 Å². The summed E-state index contributed by atoms with van der Waals surface area (Å²) in [5, 5.41) is 5.16. The molecule has 0 atom stereocenters. The number of hydrogen-bond acceptors (Lipinski definition) is 2. The van der Waals surface area contributed by atoms with Crippen molar-refractivity contribution in [1.29, 1.82) is 0 Å². The Morgan fingerprint density at radius 2 is 1.03 bits per heavy atom. The van der Waals surface area contributed by atoms with E-state index in [9.17, 15) is 0 Å². The Labute approximate surface area is 360 Å². The molecule has 2 heterocycles. The van der Waals surface area contributed by atoms with Gasteiger partial charge in [0.25, 0.3) is 0 Å². The molecule has 1 spiro atoms. The zero-order valence-electron chi connectivity index (χ0n) is 34.0. The zero-order chi connectivity index (χ0) is 39.8. The number of aromatic nitrogens is 1. The van der Waals surface area contributed by atoms with Gasteiger partial charge < -0.3 is 9.47 Å². The van der Waals surface area contributed by atoms with Crippen molar-refractivity contribution in [1.82, 2.24) is 4.57 Å². The molecule has 0 radical (unpaired) electrons. The van der Waals surface area contributed by atoms with Crippen molar-refractivity contribution in [3.63, 3.8) is 0 Å². The van der Waals surface area contributed by atoms with E-state index in [0.717, 1.165) is 40.7 Å². The third-order valence-corrected chi connectivity index (χ3v) is 16.7. The molecule has 8 aromatic carbocycles. The Kier molecular flexibility index (Phi) is 7.20. The number of benzene rings is 8. The molecule has 61 heavy (non-hydrogen) atoms. The molecule has 2 aromatic heterocycles. The first-order chi connectivity index (χ1) is 30.2. The number of thiophene rings is 1. The number of fused-ring (bicyclic) bond motifs is 9. The summed E-state index contributed by atoms with van der Waals surface area (Å²) in [7, 11) is 0. The summed E-state index contributed by atoms with van der Waals surface area (Å²) in [5.41, 5.74) is 16.0. The maximum atomic E-state index is 2.55. The highest BCUT2D eigenvalue weighted by Gasteiger charge is 2.61. The van der Waals surface area contributed by atoms with Crippen LogP contribution < -0.4 is 4.90 Å². The lowest BCUT2D eigenvalue weighted by Gasteiger charge is -2.61. The predicted octanol–water partition coefficient (Wildman–Crippen LogP) is 16.0. The van der Waals surface area contributed by atoms with Gasteiger partial charge >= 0.3 is 0 Å². The molecular formula is C58H44N2S. The number of anilines is 3. The first kappa shape index (κ1) is 34.3. The smallest absolute Gasteiger partial charge is 0.0561 e. The lowest BCUT2D eigenvalue weighted by atomic mass is 9.43. The van der Waals surface area contributed by atoms with Crippen molar-refractivity contribution < 1.29 is 0 Å². The average Bonchev–Trinajstić information content (AvgIpc) is 3.94. The van der Waals surface area contributed by atoms with E-state index in [4.69, 9.17) is 0 Å². The van der Waals surface area contributed by atoms with Gasteiger partial charge in [-0.3, -0.25) is 0 Å². The molecule has 5 aliphatic carbocycles. The van der Waals surface area contributed by atoms with Gasteiger partial charge in [0.2, 0.25) is 0 Å². The van der Waals surface area contributed by atoms with Crippen molar-refractivity contribution in [3.8, 4) is 27.9 Å². The quantitative estimate of drug-likeness (QED) is 0.168. The highest BCUT2D eigenvalue weighted by molar-refractivity contribution is 7.25. The topological polar surface area (TPSA) is 8.17 Å². The minimum Gasteiger partial charge on any atom is -0.310 e. The molecule has 4 bridgehead atoms. The fourth-order valence-electron chi connectivity index (χ4n) is 13.4. The monoisotopic (exact) mass is 800 g/mol. The number of hydrogen-bond donors (Lipinski definition) is 0. The summed E-state index contributed by atoms with van der Waals surface area (Å²) in [6.07, 6.45) is 7.14. The third kappa shape index (κ3) is 4.84. The van der Waals surface area contributed by atoms with Gasteiger partial charge in [-0.2, -0.15) is 0 Å². The molecular weight excluding hydrogens is 757 g/mol. The molecule has 0 aliphatic heterocycles. The van der Waals surface area contributed by atoms with Gasteiger partial charge in [0.05, 0.1) is 11.0 Å². The first-order valence-corrected chi connectivity index (χ1v) is 23.2. The standard InChI is InChI=1S/C58H44N2S/c1-2-10-42(11-3-1)60-54-16-8-5-13-47(54)48-25-23-44(34-55(48)60)59(45-24-26-50-49-14-6-9-17-56(49)61-57(50)35-45)43-21-18-38(19-22-43)39-20-27-53-51(33-39)46-12-4-7-15-52(46)58(53)40-29-36-28-37(31-40)32-41(58)30-36/h1-27,33-37,40-41H,28-32H2. The Morgan fingerprint density at radius 1 is 0.426 bits per heavy atom. The molecule has 292 valence electrons. The second-order valence-electron chi connectivity index (χ2n) is 18.5. The molecule has 10 aromatic rings. The van der Waals surface area contributed by atoms with Crippen molar-refractivity contribution >= 4 is 70.4 Å². The van der Waals surface area contributed by atoms with Gasteiger partial charge in [-0.25, -0.2) is 0 Å². The second kappa shape index (κ2) is 12.8. The van der Waals surface area contributed by atoms with Crippen LogP contribution in [0, 0.1) is 23.7 Å². The molecule has 0 N–H and O–H groups in total. The van der Waals surface area contributed by atoms with E-state index in [1.165, 1.54) is 102 Å². The molecule has 0 unspecified atom stereocenters. The zero-order valence-corrected chi connectivity index (χ0v) is 34.8. The maximum absolute atomic E-state index is 2.55. The van der Waals surface area contributed by atoms with Gasteiger partial charge in [-0.1, -0.05) is 115 Å². The second-order valence-corrected chi connectivity index (χ2v) is 19.6. The Bertz CT molecular complexity index is 3360. The lowest BCUT2D eigenvalue weighted by Crippen LogP contribution is -2.55. The van der Waals surface area contributed by atoms with Crippen LogP contribution in [0.25, 0.3) is 69.9 Å². The van der Waals surface area contributed by atoms with E-state index in [2.05, 4.69) is 191 Å². The molecule has 0 saturated heterocycles. The molecule has 4 fully saturated rings. The Morgan fingerprint density at radius 3 is 1.85 bits per heavy atom. The molecule has 5 aliphatic rings. The Hall–Kier alpha value is -6.42. The predicted molar refractivity (Wildman–Crippen MR) is 257 cm³/mol. The van der Waals surface area contributed by atoms with Gasteiger partial charge in [-0.05, 0) is 156 Å². The number of rotatable bonds is 5. The van der Waals surface area contributed by atoms with E-state index in [-0.39, 0.29) is 5.41 Å². The van der Waals surface area contributed by atoms with E-state index in [1.807, 2.05) is 11.3 Å². The van der Waals surface area contributed by atoms with Crippen LogP contribution in [0.5, 0.6) is 0 Å². The van der Waals surface area contributed by atoms with Crippen LogP contribution in [0.1, 0.15) is 43.2 Å². The summed E-state index contributed by atoms with van der Waals surface area (Å²) in [4.78, 5) is 2.45. The molecule has 3 heteroatoms. The maximum Gasteiger partial charge on any atom is 0.0561 e. The van der Waals surface area contributed by atoms with Crippen molar-refractivity contribution in [2.45, 2.75) is 37.5 Å². The fraction of sp³-hybridized carbons (Fsp3) is 0.172. The summed E-state index contributed by atoms with van der Waals surface area (Å²) < 4.78 is 5.05. The highest BCUT2D eigenvalue weighted by atomic mass is 32.1. The van der Waals surface area contributed by atoms with Crippen molar-refractivity contribution in [2.75, 3.05) is 4.90 Å². The minimum atomic E-state index is 0.199. The third-order valence-electron chi connectivity index (χ3n) is 15.6. The van der Waals surface area contributed by atoms with Crippen LogP contribution in [0.2, 0.25) is 0 Å². The van der Waals surface area contributed by atoms with Crippen LogP contribution in [-0.2, 0) is 5.41 Å². The van der Waals surface area contributed by atoms with Crippen molar-refractivity contribution in [2.24, 2.45) is 23.7 Å². The molecule has 2 nitrogen and oxygen atoms in total. The SMILES string of the molecule is c1ccc(-n2c3ccccc3c3ccc(N(c4ccc(-c5ccc6c(c5)-c5ccccc5C65C6CC7CC(C6)CC5C7)cc4)c4ccc5c(c4)sc4ccccc45)cc32)cc1. The van der Waals surface area contributed by atoms with Gasteiger partial charge in [0.15, 0.2) is 0 Å². The van der Waals surface area contributed by atoms with E-state index in [0.29, 0.717) is 0 Å². The van der Waals surface area contributed by atoms with Crippen molar-refractivity contribution in [3.05, 3.63) is 193 Å². The molecule has 0 amide bonds. The van der Waals surface area contributed by atoms with Crippen LogP contribution in [0.15, 0.2) is 182 Å². The largest absolute Gasteiger partial charge is 0.310 e. The first-order valence-electron chi connectivity index (χ1n) is 22.3. The van der Waals surface area contributed by atoms with Gasteiger partial charge in [-0.15, -0.1) is 11.3 Å². The van der Waals surface area contributed by atoms with E-state index < -0.39 is 0 Å². The number of para-hydroxylation sites is 2. The number of nitrogens with zero attached hydrogens (tertiary/aromatic N) is 2. The summed E-state index contributed by atoms with van der Waals surface area (Å²) >= 11 is 1.88. The van der Waals surface area contributed by atoms with Crippen LogP contribution in [-0.4, -0.2) is 4.57 Å². The summed E-state index contributed by atoms with van der Waals surface area (Å²) in [6.45, 7) is 0. The lowest BCUT2D eigenvalue weighted by molar-refractivity contribution is -0.0399. The van der Waals surface area contributed by atoms with Crippen LogP contribution in [0.3, 0.4) is 0 Å². The summed E-state index contributed by atoms with van der Waals surface area (Å²) in [6, 6.07) is 68.8. The van der Waals surface area contributed by atoms with E-state index >= 15 is 0 Å². The minimum absolute atomic E-state index is 0.199. The molecule has 15 rings (SSSR count). The highest BCUT2D eigenvalue weighted by Crippen LogP contribution is 2.69. The fourth-order valence-corrected chi connectivity index (χ4v) is 14.5. The average molecular weight is 801 g/mol. The van der Waals surface area contributed by atoms with E-state index in [1.54, 1.807) is 11.1 Å². The summed E-state index contributed by atoms with van der Waals surface area (Å²) in [5.74, 6) is 3.46. The molecule has 4 saturated carbocycles.